The molecule has 2 aliphatic rings. The molecule has 0 bridgehead atoms. The van der Waals surface area contributed by atoms with E-state index in [-0.39, 0.29) is 28.1 Å². The van der Waals surface area contributed by atoms with Crippen LogP contribution in [0.15, 0.2) is 65.6 Å². The summed E-state index contributed by atoms with van der Waals surface area (Å²) in [5, 5.41) is 6.40. The van der Waals surface area contributed by atoms with Crippen molar-refractivity contribution in [1.29, 1.82) is 0 Å². The number of aliphatic imine (C=N–C) groups is 1. The van der Waals surface area contributed by atoms with E-state index in [0.29, 0.717) is 23.7 Å². The molecule has 4 N–H and O–H groups in total. The summed E-state index contributed by atoms with van der Waals surface area (Å²) < 4.78 is 16.6. The van der Waals surface area contributed by atoms with Gasteiger partial charge in [-0.2, -0.15) is 0 Å². The number of likely N-dealkylation sites (tertiary alicyclic amines) is 1. The highest BCUT2D eigenvalue weighted by molar-refractivity contribution is 5.88. The van der Waals surface area contributed by atoms with Crippen LogP contribution >= 0.6 is 0 Å². The summed E-state index contributed by atoms with van der Waals surface area (Å²) in [4.78, 5) is 7.05. The van der Waals surface area contributed by atoms with Crippen LogP contribution in [0.3, 0.4) is 0 Å². The summed E-state index contributed by atoms with van der Waals surface area (Å²) in [6.07, 6.45) is 13.8. The quantitative estimate of drug-likeness (QED) is 0.362. The number of halogens is 1. The van der Waals surface area contributed by atoms with Gasteiger partial charge in [-0.1, -0.05) is 38.2 Å². The zero-order valence-corrected chi connectivity index (χ0v) is 21.2. The van der Waals surface area contributed by atoms with Gasteiger partial charge in [0.1, 0.15) is 17.2 Å². The van der Waals surface area contributed by atoms with Crippen LogP contribution in [0, 0.1) is 17.7 Å². The zero-order valence-electron chi connectivity index (χ0n) is 21.2. The highest BCUT2D eigenvalue weighted by atomic mass is 19.1. The average molecular weight is 499 g/mol. The number of rotatable bonds is 8. The van der Waals surface area contributed by atoms with Crippen LogP contribution in [-0.4, -0.2) is 40.2 Å². The molecule has 2 aliphatic heterocycles. The Morgan fingerprint density at radius 2 is 2.19 bits per heavy atom. The SMILES string of the molecule is C.C=CC(C)CN1CCC/C(=C\C=C(/N)NC2=NC=CCC2Cc2cc(F)c3[nH]n(C(C)C)c3c2)C1.[HH].[HH]. The summed E-state index contributed by atoms with van der Waals surface area (Å²) in [7, 11) is 0. The number of aromatic amines is 1. The summed E-state index contributed by atoms with van der Waals surface area (Å²) >= 11 is 0. The molecule has 1 aromatic heterocycles. The fourth-order valence-electron chi connectivity index (χ4n) is 4.92. The Morgan fingerprint density at radius 3 is 2.94 bits per heavy atom. The third-order valence-corrected chi connectivity index (χ3v) is 6.86. The Balaban J connectivity index is 0.00000241. The van der Waals surface area contributed by atoms with E-state index in [1.807, 2.05) is 23.0 Å². The normalized spacial score (nSPS) is 21.0. The second-order valence-corrected chi connectivity index (χ2v) is 10.2. The van der Waals surface area contributed by atoms with E-state index in [2.05, 4.69) is 65.9 Å². The van der Waals surface area contributed by atoms with Gasteiger partial charge in [0.2, 0.25) is 0 Å². The minimum atomic E-state index is -0.206. The second-order valence-electron chi connectivity index (χ2n) is 10.2. The lowest BCUT2D eigenvalue weighted by Crippen LogP contribution is -2.35. The average Bonchev–Trinajstić information content (AvgIpc) is 2.81. The lowest BCUT2D eigenvalue weighted by Gasteiger charge is -2.30. The first-order chi connectivity index (χ1) is 16.8. The fraction of sp³-hybridized carbons (Fsp3) is 0.483. The Morgan fingerprint density at radius 1 is 1.39 bits per heavy atom. The largest absolute Gasteiger partial charge is 0.385 e. The number of nitrogens with two attached hydrogens (primary N) is 1. The number of allylic oxidation sites excluding steroid dienone is 3. The van der Waals surface area contributed by atoms with Gasteiger partial charge in [0.05, 0.1) is 5.52 Å². The number of nitrogens with one attached hydrogen (secondary N) is 2. The van der Waals surface area contributed by atoms with E-state index in [1.54, 1.807) is 6.07 Å². The standard InChI is InChI=1S/C28H39FN6.CH4.2H2/c1-5-20(4)17-34-13-7-8-21(18-34)10-11-26(30)32-28-23(9-6-12-31-28)14-22-15-24(29)27-25(16-22)35(33-27)19(2)3;;;/h5-6,10-12,15-16,19-20,23,33H,1,7-9,13-14,17-18,30H2,2-4H3,(H,31,32);1H4;2*1H/b21-10+,26-11+;;;. The van der Waals surface area contributed by atoms with Crippen molar-refractivity contribution in [1.82, 2.24) is 20.0 Å². The van der Waals surface area contributed by atoms with Crippen molar-refractivity contribution < 1.29 is 7.24 Å². The Bertz CT molecular complexity index is 1170. The van der Waals surface area contributed by atoms with E-state index in [4.69, 9.17) is 5.73 Å². The van der Waals surface area contributed by atoms with Gasteiger partial charge in [-0.25, -0.2) is 9.38 Å². The molecule has 36 heavy (non-hydrogen) atoms. The molecule has 0 spiro atoms. The van der Waals surface area contributed by atoms with Crippen molar-refractivity contribution in [3.05, 3.63) is 72.0 Å². The van der Waals surface area contributed by atoms with Gasteiger partial charge in [0, 0.05) is 34.1 Å². The summed E-state index contributed by atoms with van der Waals surface area (Å²) in [6.45, 7) is 13.4. The molecular weight excluding hydrogens is 451 g/mol. The maximum Gasteiger partial charge on any atom is 0.150 e. The smallest absolute Gasteiger partial charge is 0.150 e. The summed E-state index contributed by atoms with van der Waals surface area (Å²) in [5.41, 5.74) is 10.2. The fourth-order valence-corrected chi connectivity index (χ4v) is 4.92. The maximum atomic E-state index is 14.6. The minimum Gasteiger partial charge on any atom is -0.385 e. The molecule has 4 rings (SSSR count). The Labute approximate surface area is 218 Å². The molecule has 2 atom stereocenters. The number of aromatic nitrogens is 2. The number of benzene rings is 1. The van der Waals surface area contributed by atoms with Gasteiger partial charge in [-0.15, -0.1) is 6.58 Å². The van der Waals surface area contributed by atoms with E-state index >= 15 is 0 Å². The number of hydrogen-bond acceptors (Lipinski definition) is 4. The molecule has 0 saturated carbocycles. The van der Waals surface area contributed by atoms with Crippen LogP contribution in [0.2, 0.25) is 0 Å². The van der Waals surface area contributed by atoms with Crippen LogP contribution in [0.4, 0.5) is 4.39 Å². The molecule has 1 aromatic carbocycles. The topological polar surface area (TPSA) is 74.4 Å². The molecule has 1 fully saturated rings. The van der Waals surface area contributed by atoms with Gasteiger partial charge in [0.25, 0.3) is 0 Å². The lowest BCUT2D eigenvalue weighted by molar-refractivity contribution is 0.247. The highest BCUT2D eigenvalue weighted by Crippen LogP contribution is 2.27. The molecule has 2 unspecified atom stereocenters. The van der Waals surface area contributed by atoms with E-state index in [1.165, 1.54) is 5.57 Å². The Kier molecular flexibility index (Phi) is 9.37. The molecule has 3 heterocycles. The second kappa shape index (κ2) is 12.3. The maximum absolute atomic E-state index is 14.6. The molecule has 200 valence electrons. The van der Waals surface area contributed by atoms with Crippen LogP contribution in [0.25, 0.3) is 11.0 Å². The number of fused-ring (bicyclic) bond motifs is 1. The van der Waals surface area contributed by atoms with E-state index in [0.717, 1.165) is 55.8 Å². The van der Waals surface area contributed by atoms with Crippen LogP contribution in [-0.2, 0) is 6.42 Å². The number of hydrogen-bond donors (Lipinski definition) is 3. The monoisotopic (exact) mass is 498 g/mol. The van der Waals surface area contributed by atoms with Crippen LogP contribution in [0.5, 0.6) is 0 Å². The van der Waals surface area contributed by atoms with Crippen molar-refractivity contribution in [2.24, 2.45) is 22.6 Å². The predicted octanol–water partition coefficient (Wildman–Crippen LogP) is 6.53. The molecule has 2 aromatic rings. The van der Waals surface area contributed by atoms with Crippen LogP contribution in [0.1, 0.15) is 61.9 Å². The third-order valence-electron chi connectivity index (χ3n) is 6.86. The number of amidine groups is 1. The molecule has 0 aliphatic carbocycles. The summed E-state index contributed by atoms with van der Waals surface area (Å²) in [5.74, 6) is 1.80. The zero-order chi connectivity index (χ0) is 24.9. The molecule has 7 heteroatoms. The molecular formula is C29H47FN6. The molecule has 1 saturated heterocycles. The van der Waals surface area contributed by atoms with Crippen molar-refractivity contribution >= 4 is 16.9 Å². The van der Waals surface area contributed by atoms with Crippen molar-refractivity contribution in [2.75, 3.05) is 19.6 Å². The van der Waals surface area contributed by atoms with Gasteiger partial charge in [0.15, 0.2) is 5.82 Å². The van der Waals surface area contributed by atoms with Gasteiger partial charge >= 0.3 is 0 Å². The van der Waals surface area contributed by atoms with E-state index < -0.39 is 0 Å². The summed E-state index contributed by atoms with van der Waals surface area (Å²) in [6, 6.07) is 3.97. The third kappa shape index (κ3) is 6.58. The van der Waals surface area contributed by atoms with Gasteiger partial charge in [-0.3, -0.25) is 14.7 Å². The lowest BCUT2D eigenvalue weighted by atomic mass is 9.93. The van der Waals surface area contributed by atoms with Gasteiger partial charge in [-0.05, 0) is 75.8 Å². The van der Waals surface area contributed by atoms with Crippen LogP contribution < -0.4 is 11.1 Å². The van der Waals surface area contributed by atoms with Crippen molar-refractivity contribution in [3.63, 3.8) is 0 Å². The predicted molar refractivity (Wildman–Crippen MR) is 155 cm³/mol. The number of H-pyrrole nitrogens is 1. The first-order valence-corrected chi connectivity index (χ1v) is 12.7. The first kappa shape index (κ1) is 27.5. The minimum absolute atomic E-state index is 0. The number of piperidine rings is 1. The molecule has 0 radical (unpaired) electrons. The Hall–Kier alpha value is -3.06. The van der Waals surface area contributed by atoms with E-state index in [9.17, 15) is 4.39 Å². The first-order valence-electron chi connectivity index (χ1n) is 12.7. The highest BCUT2D eigenvalue weighted by Gasteiger charge is 2.21. The van der Waals surface area contributed by atoms with Gasteiger partial charge < -0.3 is 11.1 Å². The van der Waals surface area contributed by atoms with Crippen molar-refractivity contribution in [2.45, 2.75) is 59.9 Å². The van der Waals surface area contributed by atoms with Crippen molar-refractivity contribution in [3.8, 4) is 0 Å². The molecule has 0 amide bonds. The number of nitrogens with zero attached hydrogens (tertiary/aromatic N) is 3. The molecule has 6 nitrogen and oxygen atoms in total.